The second-order valence-electron chi connectivity index (χ2n) is 5.56. The van der Waals surface area contributed by atoms with Crippen LogP contribution in [0.3, 0.4) is 0 Å². The van der Waals surface area contributed by atoms with Gasteiger partial charge in [0.05, 0.1) is 6.10 Å². The molecule has 2 heterocycles. The Morgan fingerprint density at radius 1 is 1.29 bits per heavy atom. The van der Waals surface area contributed by atoms with E-state index in [0.29, 0.717) is 6.10 Å². The third-order valence-electron chi connectivity index (χ3n) is 4.18. The van der Waals surface area contributed by atoms with Crippen LogP contribution >= 0.6 is 0 Å². The summed E-state index contributed by atoms with van der Waals surface area (Å²) in [5.74, 6) is 0.946. The molecule has 2 fully saturated rings. The average Bonchev–Trinajstić information content (AvgIpc) is 2.88. The largest absolute Gasteiger partial charge is 0.377 e. The third kappa shape index (κ3) is 4.57. The fourth-order valence-electron chi connectivity index (χ4n) is 2.99. The molecule has 0 aromatic rings. The Morgan fingerprint density at radius 3 is 3.00 bits per heavy atom. The molecule has 2 unspecified atom stereocenters. The number of nitrogens with zero attached hydrogens (tertiary/aromatic N) is 1. The van der Waals surface area contributed by atoms with Crippen molar-refractivity contribution in [3.8, 4) is 0 Å². The Hall–Kier alpha value is -0.120. The van der Waals surface area contributed by atoms with Crippen molar-refractivity contribution < 1.29 is 4.74 Å². The van der Waals surface area contributed by atoms with Crippen LogP contribution in [0.25, 0.3) is 0 Å². The van der Waals surface area contributed by atoms with E-state index in [1.165, 1.54) is 51.7 Å². The van der Waals surface area contributed by atoms with Crippen LogP contribution in [0, 0.1) is 5.92 Å². The normalized spacial score (nSPS) is 30.9. The Labute approximate surface area is 106 Å². The predicted molar refractivity (Wildman–Crippen MR) is 71.3 cm³/mol. The smallest absolute Gasteiger partial charge is 0.0700 e. The van der Waals surface area contributed by atoms with Crippen LogP contribution in [0.2, 0.25) is 0 Å². The van der Waals surface area contributed by atoms with Gasteiger partial charge < -0.3 is 15.0 Å². The highest BCUT2D eigenvalue weighted by Crippen LogP contribution is 2.18. The standard InChI is InChI=1S/C14H28N2O/c1-2-13-5-3-8-16(12-13)9-7-15-11-14-6-4-10-17-14/h13-15H,2-12H2,1H3. The summed E-state index contributed by atoms with van der Waals surface area (Å²) in [5.41, 5.74) is 0. The molecule has 0 saturated carbocycles. The van der Waals surface area contributed by atoms with Crippen molar-refractivity contribution in [3.05, 3.63) is 0 Å². The SMILES string of the molecule is CCC1CCCN(CCNCC2CCCO2)C1. The number of rotatable bonds is 6. The summed E-state index contributed by atoms with van der Waals surface area (Å²) in [6.45, 7) is 9.29. The summed E-state index contributed by atoms with van der Waals surface area (Å²) in [4.78, 5) is 2.63. The zero-order chi connectivity index (χ0) is 11.9. The van der Waals surface area contributed by atoms with Gasteiger partial charge in [-0.05, 0) is 38.1 Å². The van der Waals surface area contributed by atoms with Gasteiger partial charge >= 0.3 is 0 Å². The molecular formula is C14H28N2O. The van der Waals surface area contributed by atoms with Gasteiger partial charge in [-0.3, -0.25) is 0 Å². The molecule has 0 radical (unpaired) electrons. The first-order valence-corrected chi connectivity index (χ1v) is 7.43. The first kappa shape index (κ1) is 13.3. The average molecular weight is 240 g/mol. The van der Waals surface area contributed by atoms with Gasteiger partial charge in [0.2, 0.25) is 0 Å². The number of hydrogen-bond acceptors (Lipinski definition) is 3. The lowest BCUT2D eigenvalue weighted by Crippen LogP contribution is -2.40. The summed E-state index contributed by atoms with van der Waals surface area (Å²) in [7, 11) is 0. The summed E-state index contributed by atoms with van der Waals surface area (Å²) in [5, 5.41) is 3.54. The van der Waals surface area contributed by atoms with Crippen molar-refractivity contribution in [3.63, 3.8) is 0 Å². The van der Waals surface area contributed by atoms with E-state index in [4.69, 9.17) is 4.74 Å². The molecule has 2 saturated heterocycles. The van der Waals surface area contributed by atoms with Crippen molar-refractivity contribution in [2.75, 3.05) is 39.3 Å². The highest BCUT2D eigenvalue weighted by Gasteiger charge is 2.18. The maximum absolute atomic E-state index is 5.60. The molecule has 3 nitrogen and oxygen atoms in total. The molecule has 0 aliphatic carbocycles. The van der Waals surface area contributed by atoms with Gasteiger partial charge in [-0.15, -0.1) is 0 Å². The lowest BCUT2D eigenvalue weighted by Gasteiger charge is -2.32. The highest BCUT2D eigenvalue weighted by atomic mass is 16.5. The van der Waals surface area contributed by atoms with E-state index in [1.807, 2.05) is 0 Å². The van der Waals surface area contributed by atoms with Crippen LogP contribution in [0.1, 0.15) is 39.0 Å². The van der Waals surface area contributed by atoms with Gasteiger partial charge in [-0.1, -0.05) is 13.3 Å². The zero-order valence-electron chi connectivity index (χ0n) is 11.3. The maximum Gasteiger partial charge on any atom is 0.0700 e. The third-order valence-corrected chi connectivity index (χ3v) is 4.18. The van der Waals surface area contributed by atoms with Crippen molar-refractivity contribution in [1.29, 1.82) is 0 Å². The fourth-order valence-corrected chi connectivity index (χ4v) is 2.99. The van der Waals surface area contributed by atoms with Gasteiger partial charge in [0.15, 0.2) is 0 Å². The summed E-state index contributed by atoms with van der Waals surface area (Å²) < 4.78 is 5.60. The molecule has 100 valence electrons. The predicted octanol–water partition coefficient (Wildman–Crippen LogP) is 1.88. The Bertz CT molecular complexity index is 204. The van der Waals surface area contributed by atoms with Crippen molar-refractivity contribution in [2.24, 2.45) is 5.92 Å². The van der Waals surface area contributed by atoms with E-state index in [1.54, 1.807) is 0 Å². The van der Waals surface area contributed by atoms with E-state index >= 15 is 0 Å². The molecular weight excluding hydrogens is 212 g/mol. The molecule has 3 heteroatoms. The number of hydrogen-bond donors (Lipinski definition) is 1. The lowest BCUT2D eigenvalue weighted by molar-refractivity contribution is 0.108. The summed E-state index contributed by atoms with van der Waals surface area (Å²) >= 11 is 0. The molecule has 17 heavy (non-hydrogen) atoms. The van der Waals surface area contributed by atoms with E-state index in [9.17, 15) is 0 Å². The molecule has 0 spiro atoms. The quantitative estimate of drug-likeness (QED) is 0.717. The number of piperidine rings is 1. The van der Waals surface area contributed by atoms with Crippen LogP contribution < -0.4 is 5.32 Å². The second kappa shape index (κ2) is 7.34. The Kier molecular flexibility index (Phi) is 5.75. The van der Waals surface area contributed by atoms with Crippen LogP contribution in [0.15, 0.2) is 0 Å². The molecule has 1 N–H and O–H groups in total. The van der Waals surface area contributed by atoms with E-state index < -0.39 is 0 Å². The van der Waals surface area contributed by atoms with E-state index in [-0.39, 0.29) is 0 Å². The molecule has 0 amide bonds. The van der Waals surface area contributed by atoms with E-state index in [0.717, 1.165) is 25.6 Å². The van der Waals surface area contributed by atoms with Gasteiger partial charge in [-0.25, -0.2) is 0 Å². The van der Waals surface area contributed by atoms with Crippen LogP contribution in [-0.2, 0) is 4.74 Å². The molecule has 2 rings (SSSR count). The topological polar surface area (TPSA) is 24.5 Å². The lowest BCUT2D eigenvalue weighted by atomic mass is 9.96. The number of likely N-dealkylation sites (tertiary alicyclic amines) is 1. The monoisotopic (exact) mass is 240 g/mol. The minimum absolute atomic E-state index is 0.486. The van der Waals surface area contributed by atoms with Crippen molar-refractivity contribution in [2.45, 2.75) is 45.1 Å². The highest BCUT2D eigenvalue weighted by molar-refractivity contribution is 4.73. The first-order valence-electron chi connectivity index (χ1n) is 7.43. The number of ether oxygens (including phenoxy) is 1. The van der Waals surface area contributed by atoms with E-state index in [2.05, 4.69) is 17.1 Å². The second-order valence-corrected chi connectivity index (χ2v) is 5.56. The number of nitrogens with one attached hydrogen (secondary N) is 1. The zero-order valence-corrected chi connectivity index (χ0v) is 11.3. The van der Waals surface area contributed by atoms with Crippen LogP contribution in [-0.4, -0.2) is 50.3 Å². The minimum Gasteiger partial charge on any atom is -0.377 e. The molecule has 0 aromatic heterocycles. The fraction of sp³-hybridized carbons (Fsp3) is 1.00. The molecule has 0 bridgehead atoms. The molecule has 2 aliphatic rings. The molecule has 2 atom stereocenters. The Morgan fingerprint density at radius 2 is 2.24 bits per heavy atom. The van der Waals surface area contributed by atoms with Gasteiger partial charge in [0.1, 0.15) is 0 Å². The summed E-state index contributed by atoms with van der Waals surface area (Å²) in [6.07, 6.45) is 7.16. The van der Waals surface area contributed by atoms with Gasteiger partial charge in [0.25, 0.3) is 0 Å². The van der Waals surface area contributed by atoms with Crippen LogP contribution in [0.4, 0.5) is 0 Å². The van der Waals surface area contributed by atoms with Crippen LogP contribution in [0.5, 0.6) is 0 Å². The Balaban J connectivity index is 1.52. The first-order chi connectivity index (χ1) is 8.38. The van der Waals surface area contributed by atoms with Gasteiger partial charge in [0, 0.05) is 32.8 Å². The molecule has 0 aromatic carbocycles. The molecule has 2 aliphatic heterocycles. The maximum atomic E-state index is 5.60. The van der Waals surface area contributed by atoms with Gasteiger partial charge in [-0.2, -0.15) is 0 Å². The summed E-state index contributed by atoms with van der Waals surface area (Å²) in [6, 6.07) is 0. The van der Waals surface area contributed by atoms with Crippen molar-refractivity contribution in [1.82, 2.24) is 10.2 Å². The van der Waals surface area contributed by atoms with Crippen molar-refractivity contribution >= 4 is 0 Å². The minimum atomic E-state index is 0.486.